The van der Waals surface area contributed by atoms with Gasteiger partial charge in [0, 0.05) is 25.2 Å². The molecule has 1 heterocycles. The van der Waals surface area contributed by atoms with Crippen LogP contribution in [0.4, 0.5) is 0 Å². The van der Waals surface area contributed by atoms with Gasteiger partial charge in [-0.15, -0.1) is 0 Å². The van der Waals surface area contributed by atoms with Gasteiger partial charge in [0.25, 0.3) is 0 Å². The molecule has 1 atom stereocenters. The van der Waals surface area contributed by atoms with Gasteiger partial charge in [-0.1, -0.05) is 25.7 Å². The number of nitrogens with zero attached hydrogens (tertiary/aromatic N) is 2. The van der Waals surface area contributed by atoms with Gasteiger partial charge in [0.15, 0.2) is 0 Å². The van der Waals surface area contributed by atoms with Crippen molar-refractivity contribution < 1.29 is 0 Å². The molecule has 18 heavy (non-hydrogen) atoms. The van der Waals surface area contributed by atoms with Gasteiger partial charge in [-0.2, -0.15) is 0 Å². The van der Waals surface area contributed by atoms with Crippen molar-refractivity contribution in [3.05, 3.63) is 0 Å². The molecule has 0 aromatic carbocycles. The monoisotopic (exact) mass is 253 g/mol. The number of hydrogen-bond donors (Lipinski definition) is 1. The first kappa shape index (κ1) is 14.3. The third kappa shape index (κ3) is 3.25. The Bertz CT molecular complexity index is 246. The Balaban J connectivity index is 1.93. The minimum atomic E-state index is 0.303. The Labute approximate surface area is 113 Å². The average molecular weight is 253 g/mol. The second-order valence-electron chi connectivity index (χ2n) is 6.64. The van der Waals surface area contributed by atoms with E-state index >= 15 is 0 Å². The highest BCUT2D eigenvalue weighted by atomic mass is 15.2. The lowest BCUT2D eigenvalue weighted by atomic mass is 9.87. The molecule has 0 bridgehead atoms. The number of nitrogens with two attached hydrogens (primary N) is 1. The number of likely N-dealkylation sites (tertiary alicyclic amines) is 1. The minimum absolute atomic E-state index is 0.303. The molecule has 1 unspecified atom stereocenters. The van der Waals surface area contributed by atoms with Crippen molar-refractivity contribution in [1.29, 1.82) is 0 Å². The van der Waals surface area contributed by atoms with Crippen molar-refractivity contribution in [3.63, 3.8) is 0 Å². The second kappa shape index (κ2) is 6.36. The first-order valence-electron chi connectivity index (χ1n) is 7.76. The summed E-state index contributed by atoms with van der Waals surface area (Å²) in [6, 6.07) is 0. The van der Waals surface area contributed by atoms with Gasteiger partial charge in [-0.05, 0) is 45.8 Å². The van der Waals surface area contributed by atoms with E-state index in [0.29, 0.717) is 5.54 Å². The van der Waals surface area contributed by atoms with Gasteiger partial charge >= 0.3 is 0 Å². The zero-order valence-electron chi connectivity index (χ0n) is 12.3. The summed E-state index contributed by atoms with van der Waals surface area (Å²) in [5, 5.41) is 0. The summed E-state index contributed by atoms with van der Waals surface area (Å²) in [5.41, 5.74) is 6.46. The smallest absolute Gasteiger partial charge is 0.0328 e. The molecular weight excluding hydrogens is 222 g/mol. The number of hydrogen-bond acceptors (Lipinski definition) is 3. The zero-order valence-corrected chi connectivity index (χ0v) is 12.3. The molecule has 1 saturated carbocycles. The molecule has 106 valence electrons. The predicted molar refractivity (Wildman–Crippen MR) is 77.7 cm³/mol. The maximum absolute atomic E-state index is 6.16. The average Bonchev–Trinajstić information content (AvgIpc) is 2.65. The van der Waals surface area contributed by atoms with Gasteiger partial charge in [-0.25, -0.2) is 0 Å². The summed E-state index contributed by atoms with van der Waals surface area (Å²) < 4.78 is 0. The Morgan fingerprint density at radius 3 is 2.39 bits per heavy atom. The molecule has 0 aromatic rings. The third-order valence-corrected chi connectivity index (χ3v) is 5.24. The molecule has 0 aromatic heterocycles. The maximum atomic E-state index is 6.16. The molecule has 2 N–H and O–H groups in total. The SMILES string of the molecule is CN1CCC(CN(C)C2(CN)CCCCCC2)C1. The molecule has 2 fully saturated rings. The molecule has 1 saturated heterocycles. The van der Waals surface area contributed by atoms with Crippen LogP contribution in [0.5, 0.6) is 0 Å². The lowest BCUT2D eigenvalue weighted by Crippen LogP contribution is -2.53. The summed E-state index contributed by atoms with van der Waals surface area (Å²) in [6.07, 6.45) is 9.52. The van der Waals surface area contributed by atoms with E-state index in [4.69, 9.17) is 5.73 Å². The second-order valence-corrected chi connectivity index (χ2v) is 6.64. The molecule has 0 amide bonds. The molecule has 1 aliphatic carbocycles. The van der Waals surface area contributed by atoms with Crippen LogP contribution in [0.1, 0.15) is 44.9 Å². The molecule has 3 heteroatoms. The Morgan fingerprint density at radius 2 is 1.89 bits per heavy atom. The van der Waals surface area contributed by atoms with Gasteiger partial charge in [0.1, 0.15) is 0 Å². The van der Waals surface area contributed by atoms with Gasteiger partial charge in [0.2, 0.25) is 0 Å². The maximum Gasteiger partial charge on any atom is 0.0328 e. The van der Waals surface area contributed by atoms with E-state index in [1.807, 2.05) is 0 Å². The zero-order chi connectivity index (χ0) is 13.0. The van der Waals surface area contributed by atoms with Crippen LogP contribution in [0.2, 0.25) is 0 Å². The topological polar surface area (TPSA) is 32.5 Å². The van der Waals surface area contributed by atoms with E-state index in [-0.39, 0.29) is 0 Å². The first-order valence-corrected chi connectivity index (χ1v) is 7.76. The first-order chi connectivity index (χ1) is 8.66. The van der Waals surface area contributed by atoms with E-state index in [9.17, 15) is 0 Å². The standard InChI is InChI=1S/C15H31N3/c1-17-10-7-14(11-17)12-18(2)15(13-16)8-5-3-4-6-9-15/h14H,3-13,16H2,1-2H3. The molecule has 1 aliphatic heterocycles. The van der Waals surface area contributed by atoms with E-state index in [1.54, 1.807) is 0 Å². The highest BCUT2D eigenvalue weighted by Gasteiger charge is 2.35. The predicted octanol–water partition coefficient (Wildman–Crippen LogP) is 1.92. The molecule has 2 aliphatic rings. The van der Waals surface area contributed by atoms with Crippen molar-refractivity contribution in [2.24, 2.45) is 11.7 Å². The lowest BCUT2D eigenvalue weighted by Gasteiger charge is -2.42. The van der Waals surface area contributed by atoms with Crippen LogP contribution in [0, 0.1) is 5.92 Å². The quantitative estimate of drug-likeness (QED) is 0.777. The van der Waals surface area contributed by atoms with Crippen molar-refractivity contribution in [2.75, 3.05) is 40.3 Å². The third-order valence-electron chi connectivity index (χ3n) is 5.24. The van der Waals surface area contributed by atoms with Crippen LogP contribution in [0.15, 0.2) is 0 Å². The normalized spacial score (nSPS) is 29.7. The fourth-order valence-corrected chi connectivity index (χ4v) is 3.88. The largest absolute Gasteiger partial charge is 0.329 e. The summed E-state index contributed by atoms with van der Waals surface area (Å²) in [5.74, 6) is 0.853. The van der Waals surface area contributed by atoms with E-state index in [1.165, 1.54) is 64.6 Å². The molecule has 0 radical (unpaired) electrons. The van der Waals surface area contributed by atoms with Crippen molar-refractivity contribution in [1.82, 2.24) is 9.80 Å². The molecule has 0 spiro atoms. The summed E-state index contributed by atoms with van der Waals surface area (Å²) >= 11 is 0. The van der Waals surface area contributed by atoms with Crippen LogP contribution in [0.25, 0.3) is 0 Å². The summed E-state index contributed by atoms with van der Waals surface area (Å²) in [4.78, 5) is 5.07. The van der Waals surface area contributed by atoms with E-state index < -0.39 is 0 Å². The summed E-state index contributed by atoms with van der Waals surface area (Å²) in [6.45, 7) is 4.62. The minimum Gasteiger partial charge on any atom is -0.329 e. The van der Waals surface area contributed by atoms with Gasteiger partial charge in [-0.3, -0.25) is 4.90 Å². The summed E-state index contributed by atoms with van der Waals surface area (Å²) in [7, 11) is 4.56. The molecular formula is C15H31N3. The van der Waals surface area contributed by atoms with Gasteiger partial charge in [0.05, 0.1) is 0 Å². The van der Waals surface area contributed by atoms with Crippen LogP contribution in [-0.2, 0) is 0 Å². The van der Waals surface area contributed by atoms with E-state index in [0.717, 1.165) is 12.5 Å². The Hall–Kier alpha value is -0.120. The lowest BCUT2D eigenvalue weighted by molar-refractivity contribution is 0.0904. The highest BCUT2D eigenvalue weighted by molar-refractivity contribution is 4.93. The Morgan fingerprint density at radius 1 is 1.22 bits per heavy atom. The van der Waals surface area contributed by atoms with Crippen LogP contribution < -0.4 is 5.73 Å². The van der Waals surface area contributed by atoms with Gasteiger partial charge < -0.3 is 10.6 Å². The fourth-order valence-electron chi connectivity index (χ4n) is 3.88. The van der Waals surface area contributed by atoms with Crippen molar-refractivity contribution in [2.45, 2.75) is 50.5 Å². The van der Waals surface area contributed by atoms with Crippen LogP contribution >= 0.6 is 0 Å². The number of rotatable bonds is 4. The Kier molecular flexibility index (Phi) is 5.05. The van der Waals surface area contributed by atoms with Crippen LogP contribution in [0.3, 0.4) is 0 Å². The van der Waals surface area contributed by atoms with Crippen LogP contribution in [-0.4, -0.2) is 55.6 Å². The van der Waals surface area contributed by atoms with Crippen molar-refractivity contribution >= 4 is 0 Å². The highest BCUT2D eigenvalue weighted by Crippen LogP contribution is 2.32. The van der Waals surface area contributed by atoms with Crippen molar-refractivity contribution in [3.8, 4) is 0 Å². The molecule has 3 nitrogen and oxygen atoms in total. The fraction of sp³-hybridized carbons (Fsp3) is 1.00. The number of likely N-dealkylation sites (N-methyl/N-ethyl adjacent to an activating group) is 1. The van der Waals surface area contributed by atoms with E-state index in [2.05, 4.69) is 23.9 Å². The molecule has 2 rings (SSSR count).